The number of alkyl halides is 1. The van der Waals surface area contributed by atoms with Crippen LogP contribution in [0.4, 0.5) is 0 Å². The van der Waals surface area contributed by atoms with Gasteiger partial charge in [-0.05, 0) is 43.0 Å². The van der Waals surface area contributed by atoms with Crippen LogP contribution in [0.15, 0.2) is 51.8 Å². The van der Waals surface area contributed by atoms with Gasteiger partial charge >= 0.3 is 0 Å². The van der Waals surface area contributed by atoms with Crippen LogP contribution in [-0.2, 0) is 0 Å². The molecule has 2 aromatic rings. The summed E-state index contributed by atoms with van der Waals surface area (Å²) in [7, 11) is 0. The normalized spacial score (nSPS) is 12.2. The van der Waals surface area contributed by atoms with Gasteiger partial charge in [-0.25, -0.2) is 0 Å². The van der Waals surface area contributed by atoms with Crippen LogP contribution in [0.1, 0.15) is 22.9 Å². The molecule has 0 N–H and O–H groups in total. The van der Waals surface area contributed by atoms with Crippen molar-refractivity contribution in [3.8, 4) is 5.75 Å². The van der Waals surface area contributed by atoms with Crippen LogP contribution in [0.25, 0.3) is 0 Å². The fourth-order valence-corrected chi connectivity index (χ4v) is 3.97. The molecule has 1 nitrogen and oxygen atoms in total. The molecular weight excluding hydrogens is 400 g/mol. The van der Waals surface area contributed by atoms with Crippen molar-refractivity contribution in [3.05, 3.63) is 58.1 Å². The summed E-state index contributed by atoms with van der Waals surface area (Å²) < 4.78 is 6.81. The lowest BCUT2D eigenvalue weighted by Gasteiger charge is -2.18. The van der Waals surface area contributed by atoms with Gasteiger partial charge in [0.2, 0.25) is 0 Å². The molecule has 0 saturated carbocycles. The summed E-state index contributed by atoms with van der Waals surface area (Å²) in [6, 6.07) is 14.6. The zero-order valence-electron chi connectivity index (χ0n) is 11.4. The van der Waals surface area contributed by atoms with E-state index < -0.39 is 0 Å². The number of hydrogen-bond donors (Lipinski definition) is 0. The van der Waals surface area contributed by atoms with Crippen LogP contribution in [0, 0.1) is 0 Å². The molecule has 1 unspecified atom stereocenters. The summed E-state index contributed by atoms with van der Waals surface area (Å²) in [4.78, 5) is 1.39. The maximum atomic E-state index is 5.75. The molecule has 0 aliphatic carbocycles. The number of benzene rings is 2. The third kappa shape index (κ3) is 3.60. The maximum Gasteiger partial charge on any atom is 0.124 e. The van der Waals surface area contributed by atoms with E-state index in [1.54, 1.807) is 11.8 Å². The molecule has 106 valence electrons. The topological polar surface area (TPSA) is 9.23 Å². The summed E-state index contributed by atoms with van der Waals surface area (Å²) >= 11 is 9.13. The van der Waals surface area contributed by atoms with E-state index >= 15 is 0 Å². The fraction of sp³-hybridized carbons (Fsp3) is 0.250. The summed E-state index contributed by atoms with van der Waals surface area (Å²) in [6.07, 6.45) is 2.10. The van der Waals surface area contributed by atoms with Crippen LogP contribution < -0.4 is 4.74 Å². The summed E-state index contributed by atoms with van der Waals surface area (Å²) in [6.45, 7) is 2.67. The van der Waals surface area contributed by atoms with E-state index in [0.717, 1.165) is 15.8 Å². The largest absolute Gasteiger partial charge is 0.494 e. The zero-order chi connectivity index (χ0) is 14.5. The van der Waals surface area contributed by atoms with Gasteiger partial charge in [-0.3, -0.25) is 0 Å². The third-order valence-corrected chi connectivity index (χ3v) is 5.25. The highest BCUT2D eigenvalue weighted by Gasteiger charge is 2.18. The van der Waals surface area contributed by atoms with E-state index in [2.05, 4.69) is 68.4 Å². The monoisotopic (exact) mass is 414 g/mol. The average molecular weight is 416 g/mol. The lowest BCUT2D eigenvalue weighted by Crippen LogP contribution is -2.01. The Bertz CT molecular complexity index is 586. The number of thioether (sulfide) groups is 1. The Kier molecular flexibility index (Phi) is 6.00. The standard InChI is InChI=1S/C16H16Br2OS/c1-3-19-14-9-8-11(17)10-13(14)16(18)12-6-4-5-7-15(12)20-2/h4-10,16H,3H2,1-2H3. The van der Waals surface area contributed by atoms with Crippen molar-refractivity contribution in [2.45, 2.75) is 16.6 Å². The molecule has 2 aromatic carbocycles. The molecule has 0 radical (unpaired) electrons. The summed E-state index contributed by atoms with van der Waals surface area (Å²) in [5, 5.41) is 0. The molecule has 4 heteroatoms. The van der Waals surface area contributed by atoms with E-state index in [1.807, 2.05) is 19.1 Å². The molecule has 0 aliphatic rings. The smallest absolute Gasteiger partial charge is 0.124 e. The molecule has 20 heavy (non-hydrogen) atoms. The molecule has 0 bridgehead atoms. The van der Waals surface area contributed by atoms with Crippen molar-refractivity contribution in [2.75, 3.05) is 12.9 Å². The molecular formula is C16H16Br2OS. The highest BCUT2D eigenvalue weighted by atomic mass is 79.9. The minimum absolute atomic E-state index is 0.116. The van der Waals surface area contributed by atoms with Crippen LogP contribution >= 0.6 is 43.6 Å². The van der Waals surface area contributed by atoms with Crippen molar-refractivity contribution in [1.29, 1.82) is 0 Å². The molecule has 0 heterocycles. The Morgan fingerprint density at radius 3 is 2.60 bits per heavy atom. The first-order valence-corrected chi connectivity index (χ1v) is 9.30. The lowest BCUT2D eigenvalue weighted by atomic mass is 10.0. The van der Waals surface area contributed by atoms with Crippen LogP contribution in [0.5, 0.6) is 5.75 Å². The van der Waals surface area contributed by atoms with Gasteiger partial charge < -0.3 is 4.74 Å². The SMILES string of the molecule is CCOc1ccc(Br)cc1C(Br)c1ccccc1SC. The minimum Gasteiger partial charge on any atom is -0.494 e. The van der Waals surface area contributed by atoms with Crippen LogP contribution in [0.2, 0.25) is 0 Å². The number of halogens is 2. The average Bonchev–Trinajstić information content (AvgIpc) is 2.48. The second kappa shape index (κ2) is 7.53. The van der Waals surface area contributed by atoms with E-state index in [9.17, 15) is 0 Å². The Labute approximate surface area is 141 Å². The number of hydrogen-bond acceptors (Lipinski definition) is 2. The molecule has 2 rings (SSSR count). The van der Waals surface area contributed by atoms with Gasteiger partial charge in [0, 0.05) is 14.9 Å². The Hall–Kier alpha value is -0.450. The first kappa shape index (κ1) is 15.9. The molecule has 0 aromatic heterocycles. The van der Waals surface area contributed by atoms with E-state index in [1.165, 1.54) is 10.5 Å². The van der Waals surface area contributed by atoms with Crippen molar-refractivity contribution >= 4 is 43.6 Å². The molecule has 0 amide bonds. The fourth-order valence-electron chi connectivity index (χ4n) is 2.05. The molecule has 1 atom stereocenters. The van der Waals surface area contributed by atoms with Gasteiger partial charge in [-0.15, -0.1) is 11.8 Å². The van der Waals surface area contributed by atoms with Gasteiger partial charge in [0.15, 0.2) is 0 Å². The maximum absolute atomic E-state index is 5.75. The van der Waals surface area contributed by atoms with Crippen LogP contribution in [0.3, 0.4) is 0 Å². The van der Waals surface area contributed by atoms with Crippen LogP contribution in [-0.4, -0.2) is 12.9 Å². The Balaban J connectivity index is 2.46. The quantitative estimate of drug-likeness (QED) is 0.433. The second-order valence-corrected chi connectivity index (χ2v) is 6.90. The highest BCUT2D eigenvalue weighted by molar-refractivity contribution is 9.10. The molecule has 0 spiro atoms. The summed E-state index contributed by atoms with van der Waals surface area (Å²) in [5.74, 6) is 0.925. The predicted molar refractivity (Wildman–Crippen MR) is 94.3 cm³/mol. The molecule has 0 fully saturated rings. The van der Waals surface area contributed by atoms with E-state index in [4.69, 9.17) is 4.74 Å². The van der Waals surface area contributed by atoms with Gasteiger partial charge in [-0.1, -0.05) is 50.1 Å². The highest BCUT2D eigenvalue weighted by Crippen LogP contribution is 2.41. The number of rotatable bonds is 5. The van der Waals surface area contributed by atoms with E-state index in [0.29, 0.717) is 6.61 Å². The van der Waals surface area contributed by atoms with Gasteiger partial charge in [0.05, 0.1) is 11.4 Å². The van der Waals surface area contributed by atoms with Gasteiger partial charge in [0.25, 0.3) is 0 Å². The van der Waals surface area contributed by atoms with Crippen molar-refractivity contribution < 1.29 is 4.74 Å². The van der Waals surface area contributed by atoms with Gasteiger partial charge in [-0.2, -0.15) is 0 Å². The van der Waals surface area contributed by atoms with Crippen molar-refractivity contribution in [2.24, 2.45) is 0 Å². The van der Waals surface area contributed by atoms with E-state index in [-0.39, 0.29) is 4.83 Å². The second-order valence-electron chi connectivity index (χ2n) is 4.22. The first-order valence-electron chi connectivity index (χ1n) is 6.36. The number of ether oxygens (including phenoxy) is 1. The Morgan fingerprint density at radius 2 is 1.90 bits per heavy atom. The zero-order valence-corrected chi connectivity index (χ0v) is 15.4. The lowest BCUT2D eigenvalue weighted by molar-refractivity contribution is 0.337. The molecule has 0 saturated heterocycles. The minimum atomic E-state index is 0.116. The third-order valence-electron chi connectivity index (χ3n) is 2.96. The van der Waals surface area contributed by atoms with Crippen molar-refractivity contribution in [3.63, 3.8) is 0 Å². The molecule has 0 aliphatic heterocycles. The van der Waals surface area contributed by atoms with Crippen molar-refractivity contribution in [1.82, 2.24) is 0 Å². The predicted octanol–water partition coefficient (Wildman–Crippen LogP) is 6.05. The first-order chi connectivity index (χ1) is 9.67. The summed E-state index contributed by atoms with van der Waals surface area (Å²) in [5.41, 5.74) is 2.40. The van der Waals surface area contributed by atoms with Gasteiger partial charge in [0.1, 0.15) is 5.75 Å². The Morgan fingerprint density at radius 1 is 1.15 bits per heavy atom.